The van der Waals surface area contributed by atoms with Crippen LogP contribution in [0.4, 0.5) is 0 Å². The SMILES string of the molecule is c1c(C2CC2)nn2c1OCC1(CC1)C2. The first-order chi connectivity index (χ1) is 6.85. The Morgan fingerprint density at radius 1 is 1.43 bits per heavy atom. The molecule has 1 aromatic rings. The highest BCUT2D eigenvalue weighted by Gasteiger charge is 2.47. The van der Waals surface area contributed by atoms with Crippen LogP contribution in [0.5, 0.6) is 5.88 Å². The molecule has 0 amide bonds. The highest BCUT2D eigenvalue weighted by Crippen LogP contribution is 2.50. The van der Waals surface area contributed by atoms with Gasteiger partial charge in [-0.25, -0.2) is 4.68 Å². The normalized spacial score (nSPS) is 27.1. The minimum atomic E-state index is 0.472. The second kappa shape index (κ2) is 2.15. The molecule has 14 heavy (non-hydrogen) atoms. The van der Waals surface area contributed by atoms with E-state index in [0.717, 1.165) is 24.9 Å². The Balaban J connectivity index is 1.71. The average molecular weight is 190 g/mol. The van der Waals surface area contributed by atoms with Crippen LogP contribution in [0.25, 0.3) is 0 Å². The van der Waals surface area contributed by atoms with Crippen LogP contribution in [0.2, 0.25) is 0 Å². The van der Waals surface area contributed by atoms with E-state index in [0.29, 0.717) is 5.41 Å². The maximum Gasteiger partial charge on any atom is 0.212 e. The molecule has 74 valence electrons. The lowest BCUT2D eigenvalue weighted by molar-refractivity contribution is 0.148. The fraction of sp³-hybridized carbons (Fsp3) is 0.727. The standard InChI is InChI=1S/C11H14N2O/c1-2-8(1)9-5-10-13(12-9)6-11(3-4-11)7-14-10/h5,8H,1-4,6-7H2. The zero-order valence-electron chi connectivity index (χ0n) is 8.20. The van der Waals surface area contributed by atoms with Crippen LogP contribution in [-0.4, -0.2) is 16.4 Å². The lowest BCUT2D eigenvalue weighted by atomic mass is 10.1. The maximum absolute atomic E-state index is 5.76. The van der Waals surface area contributed by atoms with E-state index in [-0.39, 0.29) is 0 Å². The topological polar surface area (TPSA) is 27.1 Å². The fourth-order valence-electron chi connectivity index (χ4n) is 2.30. The molecule has 1 spiro atoms. The molecule has 0 saturated heterocycles. The smallest absolute Gasteiger partial charge is 0.212 e. The van der Waals surface area contributed by atoms with Gasteiger partial charge in [-0.3, -0.25) is 0 Å². The molecule has 0 aromatic carbocycles. The van der Waals surface area contributed by atoms with Gasteiger partial charge in [-0.15, -0.1) is 0 Å². The largest absolute Gasteiger partial charge is 0.477 e. The van der Waals surface area contributed by atoms with Gasteiger partial charge in [0.05, 0.1) is 18.8 Å². The van der Waals surface area contributed by atoms with Crippen molar-refractivity contribution in [3.8, 4) is 5.88 Å². The lowest BCUT2D eigenvalue weighted by Crippen LogP contribution is -2.26. The summed E-state index contributed by atoms with van der Waals surface area (Å²) in [6.07, 6.45) is 5.29. The Morgan fingerprint density at radius 2 is 2.29 bits per heavy atom. The van der Waals surface area contributed by atoms with E-state index in [4.69, 9.17) is 4.74 Å². The van der Waals surface area contributed by atoms with Gasteiger partial charge in [0.25, 0.3) is 0 Å². The van der Waals surface area contributed by atoms with Gasteiger partial charge < -0.3 is 4.74 Å². The average Bonchev–Trinajstić information content (AvgIpc) is 3.07. The number of hydrogen-bond acceptors (Lipinski definition) is 2. The van der Waals surface area contributed by atoms with Gasteiger partial charge >= 0.3 is 0 Å². The number of ether oxygens (including phenoxy) is 1. The monoisotopic (exact) mass is 190 g/mol. The summed E-state index contributed by atoms with van der Waals surface area (Å²) in [5, 5.41) is 4.64. The zero-order chi connectivity index (χ0) is 9.17. The van der Waals surface area contributed by atoms with Crippen LogP contribution in [0.3, 0.4) is 0 Å². The Labute approximate surface area is 83.1 Å². The predicted molar refractivity (Wildman–Crippen MR) is 51.4 cm³/mol. The molecule has 0 atom stereocenters. The minimum Gasteiger partial charge on any atom is -0.477 e. The molecule has 2 heterocycles. The van der Waals surface area contributed by atoms with E-state index in [9.17, 15) is 0 Å². The van der Waals surface area contributed by atoms with E-state index in [1.54, 1.807) is 0 Å². The van der Waals surface area contributed by atoms with Gasteiger partial charge in [-0.1, -0.05) is 0 Å². The first kappa shape index (κ1) is 7.32. The van der Waals surface area contributed by atoms with Crippen molar-refractivity contribution in [1.82, 2.24) is 9.78 Å². The summed E-state index contributed by atoms with van der Waals surface area (Å²) in [7, 11) is 0. The molecule has 2 saturated carbocycles. The van der Waals surface area contributed by atoms with Crippen LogP contribution >= 0.6 is 0 Å². The fourth-order valence-corrected chi connectivity index (χ4v) is 2.30. The number of hydrogen-bond donors (Lipinski definition) is 0. The Kier molecular flexibility index (Phi) is 1.13. The van der Waals surface area contributed by atoms with Gasteiger partial charge in [0.1, 0.15) is 0 Å². The van der Waals surface area contributed by atoms with E-state index in [2.05, 4.69) is 15.8 Å². The van der Waals surface area contributed by atoms with Gasteiger partial charge in [0, 0.05) is 17.4 Å². The summed E-state index contributed by atoms with van der Waals surface area (Å²) in [6.45, 7) is 2.01. The van der Waals surface area contributed by atoms with Gasteiger partial charge in [0.2, 0.25) is 5.88 Å². The second-order valence-corrected chi connectivity index (χ2v) is 5.13. The third kappa shape index (κ3) is 0.954. The molecular weight excluding hydrogens is 176 g/mol. The van der Waals surface area contributed by atoms with Crippen molar-refractivity contribution < 1.29 is 4.74 Å². The molecule has 0 radical (unpaired) electrons. The number of nitrogens with zero attached hydrogens (tertiary/aromatic N) is 2. The van der Waals surface area contributed by atoms with Crippen LogP contribution in [-0.2, 0) is 6.54 Å². The Bertz CT molecular complexity index is 388. The van der Waals surface area contributed by atoms with E-state index < -0.39 is 0 Å². The summed E-state index contributed by atoms with van der Waals surface area (Å²) in [5.74, 6) is 1.75. The van der Waals surface area contributed by atoms with Crippen molar-refractivity contribution in [2.45, 2.75) is 38.1 Å². The first-order valence-corrected chi connectivity index (χ1v) is 5.55. The van der Waals surface area contributed by atoms with Crippen molar-refractivity contribution in [2.24, 2.45) is 5.41 Å². The highest BCUT2D eigenvalue weighted by atomic mass is 16.5. The van der Waals surface area contributed by atoms with E-state index in [1.807, 2.05) is 0 Å². The van der Waals surface area contributed by atoms with Crippen molar-refractivity contribution in [3.63, 3.8) is 0 Å². The third-order valence-corrected chi connectivity index (χ3v) is 3.73. The number of fused-ring (bicyclic) bond motifs is 1. The predicted octanol–water partition coefficient (Wildman–Crippen LogP) is 1.93. The summed E-state index contributed by atoms with van der Waals surface area (Å²) in [6, 6.07) is 2.15. The van der Waals surface area contributed by atoms with Crippen LogP contribution < -0.4 is 4.74 Å². The molecule has 3 nitrogen and oxygen atoms in total. The third-order valence-electron chi connectivity index (χ3n) is 3.73. The maximum atomic E-state index is 5.76. The van der Waals surface area contributed by atoms with E-state index >= 15 is 0 Å². The van der Waals surface area contributed by atoms with Crippen LogP contribution in [0, 0.1) is 5.41 Å². The second-order valence-electron chi connectivity index (χ2n) is 5.13. The molecular formula is C11H14N2O. The molecule has 4 rings (SSSR count). The van der Waals surface area contributed by atoms with Crippen molar-refractivity contribution in [1.29, 1.82) is 0 Å². The van der Waals surface area contributed by atoms with Gasteiger partial charge in [-0.05, 0) is 25.7 Å². The van der Waals surface area contributed by atoms with Crippen LogP contribution in [0.1, 0.15) is 37.3 Å². The Morgan fingerprint density at radius 3 is 3.00 bits per heavy atom. The van der Waals surface area contributed by atoms with Crippen molar-refractivity contribution in [2.75, 3.05) is 6.61 Å². The first-order valence-electron chi connectivity index (χ1n) is 5.55. The molecule has 0 bridgehead atoms. The van der Waals surface area contributed by atoms with Crippen molar-refractivity contribution >= 4 is 0 Å². The number of aromatic nitrogens is 2. The molecule has 0 N–H and O–H groups in total. The van der Waals surface area contributed by atoms with Crippen molar-refractivity contribution in [3.05, 3.63) is 11.8 Å². The summed E-state index contributed by atoms with van der Waals surface area (Å²) >= 11 is 0. The highest BCUT2D eigenvalue weighted by molar-refractivity contribution is 5.24. The molecule has 3 aliphatic rings. The van der Waals surface area contributed by atoms with E-state index in [1.165, 1.54) is 31.4 Å². The number of rotatable bonds is 1. The molecule has 3 heteroatoms. The summed E-state index contributed by atoms with van der Waals surface area (Å²) in [4.78, 5) is 0. The lowest BCUT2D eigenvalue weighted by Gasteiger charge is -2.23. The molecule has 1 aliphatic heterocycles. The van der Waals surface area contributed by atoms with Gasteiger partial charge in [-0.2, -0.15) is 5.10 Å². The molecule has 0 unspecified atom stereocenters. The molecule has 2 aliphatic carbocycles. The Hall–Kier alpha value is -0.990. The summed E-state index contributed by atoms with van der Waals surface area (Å²) < 4.78 is 7.85. The quantitative estimate of drug-likeness (QED) is 0.676. The van der Waals surface area contributed by atoms with Gasteiger partial charge in [0.15, 0.2) is 0 Å². The molecule has 1 aromatic heterocycles. The zero-order valence-corrected chi connectivity index (χ0v) is 8.20. The van der Waals surface area contributed by atoms with Crippen LogP contribution in [0.15, 0.2) is 6.07 Å². The summed E-state index contributed by atoms with van der Waals surface area (Å²) in [5.41, 5.74) is 1.73. The minimum absolute atomic E-state index is 0.472. The molecule has 2 fully saturated rings.